The molecule has 1 saturated heterocycles. The molecule has 0 aromatic heterocycles. The van der Waals surface area contributed by atoms with Crippen molar-refractivity contribution in [2.75, 3.05) is 25.9 Å². The molecule has 1 aliphatic rings. The van der Waals surface area contributed by atoms with Gasteiger partial charge in [-0.3, -0.25) is 0 Å². The molecule has 4 nitrogen and oxygen atoms in total. The number of piperidine rings is 1. The van der Waals surface area contributed by atoms with Crippen LogP contribution in [0.5, 0.6) is 0 Å². The van der Waals surface area contributed by atoms with Gasteiger partial charge in [0.2, 0.25) is 10.0 Å². The van der Waals surface area contributed by atoms with Gasteiger partial charge in [0.05, 0.1) is 5.75 Å². The number of nitrogens with one attached hydrogen (secondary N) is 1. The molecule has 2 rings (SSSR count). The van der Waals surface area contributed by atoms with Crippen molar-refractivity contribution in [2.24, 2.45) is 5.92 Å². The van der Waals surface area contributed by atoms with Gasteiger partial charge in [0.15, 0.2) is 0 Å². The Morgan fingerprint density at radius 2 is 2.24 bits per heavy atom. The van der Waals surface area contributed by atoms with Crippen molar-refractivity contribution >= 4 is 21.6 Å². The minimum absolute atomic E-state index is 0.206. The second-order valence-electron chi connectivity index (χ2n) is 5.74. The van der Waals surface area contributed by atoms with Crippen LogP contribution in [0.4, 0.5) is 0 Å². The van der Waals surface area contributed by atoms with Gasteiger partial charge >= 0.3 is 0 Å². The summed E-state index contributed by atoms with van der Waals surface area (Å²) in [6, 6.07) is 7.15. The van der Waals surface area contributed by atoms with E-state index in [1.807, 2.05) is 25.1 Å². The SMILES string of the molecule is CC(c1cccc(Cl)c1)N(C)S(=O)(=O)CC1CCCNC1. The first kappa shape index (κ1) is 16.7. The summed E-state index contributed by atoms with van der Waals surface area (Å²) in [4.78, 5) is 0. The van der Waals surface area contributed by atoms with E-state index in [0.29, 0.717) is 5.02 Å². The van der Waals surface area contributed by atoms with Crippen LogP contribution >= 0.6 is 11.6 Å². The van der Waals surface area contributed by atoms with E-state index in [-0.39, 0.29) is 17.7 Å². The lowest BCUT2D eigenvalue weighted by Gasteiger charge is -2.28. The molecule has 0 bridgehead atoms. The van der Waals surface area contributed by atoms with E-state index in [4.69, 9.17) is 11.6 Å². The summed E-state index contributed by atoms with van der Waals surface area (Å²) in [6.07, 6.45) is 2.03. The Bertz CT molecular complexity index is 571. The summed E-state index contributed by atoms with van der Waals surface area (Å²) in [5.41, 5.74) is 0.912. The summed E-state index contributed by atoms with van der Waals surface area (Å²) in [5.74, 6) is 0.416. The first-order chi connectivity index (χ1) is 9.90. The number of benzene rings is 1. The third kappa shape index (κ3) is 4.42. The summed E-state index contributed by atoms with van der Waals surface area (Å²) >= 11 is 5.99. The molecule has 1 aromatic rings. The Morgan fingerprint density at radius 1 is 1.48 bits per heavy atom. The lowest BCUT2D eigenvalue weighted by molar-refractivity contribution is 0.370. The first-order valence-electron chi connectivity index (χ1n) is 7.32. The predicted molar refractivity (Wildman–Crippen MR) is 87.0 cm³/mol. The quantitative estimate of drug-likeness (QED) is 0.903. The van der Waals surface area contributed by atoms with E-state index >= 15 is 0 Å². The smallest absolute Gasteiger partial charge is 0.214 e. The van der Waals surface area contributed by atoms with Crippen molar-refractivity contribution in [3.63, 3.8) is 0 Å². The minimum Gasteiger partial charge on any atom is -0.316 e. The molecule has 1 aromatic carbocycles. The minimum atomic E-state index is -3.27. The van der Waals surface area contributed by atoms with E-state index in [0.717, 1.165) is 31.5 Å². The molecule has 0 aliphatic carbocycles. The Morgan fingerprint density at radius 3 is 2.86 bits per heavy atom. The number of sulfonamides is 1. The Labute approximate surface area is 132 Å². The summed E-state index contributed by atoms with van der Waals surface area (Å²) in [7, 11) is -1.62. The van der Waals surface area contributed by atoms with E-state index in [2.05, 4.69) is 5.32 Å². The van der Waals surface area contributed by atoms with Gasteiger partial charge in [0.1, 0.15) is 0 Å². The number of nitrogens with zero attached hydrogens (tertiary/aromatic N) is 1. The molecule has 1 fully saturated rings. The zero-order valence-corrected chi connectivity index (χ0v) is 14.1. The van der Waals surface area contributed by atoms with Crippen LogP contribution in [0.25, 0.3) is 0 Å². The van der Waals surface area contributed by atoms with Crippen molar-refractivity contribution in [3.8, 4) is 0 Å². The van der Waals surface area contributed by atoms with Crippen LogP contribution in [0.15, 0.2) is 24.3 Å². The lowest BCUT2D eigenvalue weighted by Crippen LogP contribution is -2.39. The molecule has 21 heavy (non-hydrogen) atoms. The second kappa shape index (κ2) is 7.09. The highest BCUT2D eigenvalue weighted by Gasteiger charge is 2.28. The predicted octanol–water partition coefficient (Wildman–Crippen LogP) is 2.66. The highest BCUT2D eigenvalue weighted by molar-refractivity contribution is 7.89. The van der Waals surface area contributed by atoms with Crippen LogP contribution < -0.4 is 5.32 Å². The molecular weight excluding hydrogens is 308 g/mol. The van der Waals surface area contributed by atoms with Crippen molar-refractivity contribution in [2.45, 2.75) is 25.8 Å². The van der Waals surface area contributed by atoms with Gasteiger partial charge in [-0.15, -0.1) is 0 Å². The molecule has 118 valence electrons. The van der Waals surface area contributed by atoms with Crippen molar-refractivity contribution in [3.05, 3.63) is 34.9 Å². The molecule has 1 N–H and O–H groups in total. The average Bonchev–Trinajstić information content (AvgIpc) is 2.46. The highest BCUT2D eigenvalue weighted by Crippen LogP contribution is 2.25. The van der Waals surface area contributed by atoms with Crippen LogP contribution in [-0.2, 0) is 10.0 Å². The van der Waals surface area contributed by atoms with E-state index in [9.17, 15) is 8.42 Å². The molecule has 1 aliphatic heterocycles. The number of halogens is 1. The van der Waals surface area contributed by atoms with Crippen LogP contribution in [0.2, 0.25) is 5.02 Å². The third-order valence-corrected chi connectivity index (χ3v) is 6.48. The van der Waals surface area contributed by atoms with Gasteiger partial charge in [0.25, 0.3) is 0 Å². The van der Waals surface area contributed by atoms with E-state index in [1.54, 1.807) is 13.1 Å². The lowest BCUT2D eigenvalue weighted by atomic mass is 10.0. The first-order valence-corrected chi connectivity index (χ1v) is 9.31. The normalized spacial score (nSPS) is 21.4. The number of hydrogen-bond acceptors (Lipinski definition) is 3. The highest BCUT2D eigenvalue weighted by atomic mass is 35.5. The molecular formula is C15H23ClN2O2S. The summed E-state index contributed by atoms with van der Waals surface area (Å²) in [6.45, 7) is 3.67. The molecule has 6 heteroatoms. The standard InChI is InChI=1S/C15H23ClN2O2S/c1-12(14-6-3-7-15(16)9-14)18(2)21(19,20)11-13-5-4-8-17-10-13/h3,6-7,9,12-13,17H,4-5,8,10-11H2,1-2H3. The largest absolute Gasteiger partial charge is 0.316 e. The molecule has 0 spiro atoms. The molecule has 1 heterocycles. The topological polar surface area (TPSA) is 49.4 Å². The van der Waals surface area contributed by atoms with E-state index in [1.165, 1.54) is 4.31 Å². The van der Waals surface area contributed by atoms with Crippen LogP contribution in [0, 0.1) is 5.92 Å². The molecule has 0 saturated carbocycles. The van der Waals surface area contributed by atoms with Crippen LogP contribution in [-0.4, -0.2) is 38.6 Å². The fourth-order valence-electron chi connectivity index (χ4n) is 2.70. The van der Waals surface area contributed by atoms with Gasteiger partial charge in [-0.05, 0) is 56.5 Å². The van der Waals surface area contributed by atoms with Gasteiger partial charge in [-0.2, -0.15) is 4.31 Å². The van der Waals surface area contributed by atoms with Gasteiger partial charge in [-0.1, -0.05) is 23.7 Å². The molecule has 0 amide bonds. The Balaban J connectivity index is 2.07. The van der Waals surface area contributed by atoms with Crippen molar-refractivity contribution < 1.29 is 8.42 Å². The Kier molecular flexibility index (Phi) is 5.66. The summed E-state index contributed by atoms with van der Waals surface area (Å²) in [5, 5.41) is 3.89. The fraction of sp³-hybridized carbons (Fsp3) is 0.600. The Hall–Kier alpha value is -0.620. The maximum absolute atomic E-state index is 12.6. The third-order valence-electron chi connectivity index (χ3n) is 4.16. The summed E-state index contributed by atoms with van der Waals surface area (Å²) < 4.78 is 26.6. The fourth-order valence-corrected chi connectivity index (χ4v) is 4.62. The number of rotatable bonds is 5. The van der Waals surface area contributed by atoms with Gasteiger partial charge < -0.3 is 5.32 Å². The van der Waals surface area contributed by atoms with Gasteiger partial charge in [0, 0.05) is 18.1 Å². The van der Waals surface area contributed by atoms with Gasteiger partial charge in [-0.25, -0.2) is 8.42 Å². The van der Waals surface area contributed by atoms with Crippen molar-refractivity contribution in [1.82, 2.24) is 9.62 Å². The maximum Gasteiger partial charge on any atom is 0.214 e. The zero-order valence-electron chi connectivity index (χ0n) is 12.5. The zero-order chi connectivity index (χ0) is 15.5. The van der Waals surface area contributed by atoms with Crippen molar-refractivity contribution in [1.29, 1.82) is 0 Å². The molecule has 2 unspecified atom stereocenters. The van der Waals surface area contributed by atoms with Crippen LogP contribution in [0.1, 0.15) is 31.4 Å². The second-order valence-corrected chi connectivity index (χ2v) is 8.25. The van der Waals surface area contributed by atoms with Crippen LogP contribution in [0.3, 0.4) is 0 Å². The molecule has 2 atom stereocenters. The number of hydrogen-bond donors (Lipinski definition) is 1. The monoisotopic (exact) mass is 330 g/mol. The maximum atomic E-state index is 12.6. The van der Waals surface area contributed by atoms with E-state index < -0.39 is 10.0 Å². The molecule has 0 radical (unpaired) electrons. The average molecular weight is 331 g/mol.